The summed E-state index contributed by atoms with van der Waals surface area (Å²) in [6.07, 6.45) is 3.94. The Morgan fingerprint density at radius 2 is 2.04 bits per heavy atom. The number of aliphatic hydroxyl groups excluding tert-OH is 1. The highest BCUT2D eigenvalue weighted by Gasteiger charge is 2.38. The fraction of sp³-hybridized carbons (Fsp3) is 0.611. The SMILES string of the molecule is O=C(O[C@@H]1C[C@H](OC2CCCCO2)C[C@H]1CO)c1ccccc1. The summed E-state index contributed by atoms with van der Waals surface area (Å²) in [5, 5.41) is 9.57. The van der Waals surface area contributed by atoms with E-state index in [-0.39, 0.29) is 37.0 Å². The molecule has 3 rings (SSSR count). The molecule has 126 valence electrons. The van der Waals surface area contributed by atoms with Gasteiger partial charge in [-0.3, -0.25) is 0 Å². The molecule has 0 radical (unpaired) electrons. The Hall–Kier alpha value is -1.43. The maximum atomic E-state index is 12.2. The summed E-state index contributed by atoms with van der Waals surface area (Å²) in [5.74, 6) is -0.417. The van der Waals surface area contributed by atoms with Crippen molar-refractivity contribution in [2.75, 3.05) is 13.2 Å². The number of esters is 1. The highest BCUT2D eigenvalue weighted by Crippen LogP contribution is 2.33. The molecular formula is C18H24O5. The van der Waals surface area contributed by atoms with Crippen LogP contribution in [0.3, 0.4) is 0 Å². The molecule has 0 amide bonds. The van der Waals surface area contributed by atoms with E-state index in [2.05, 4.69) is 0 Å². The molecule has 1 unspecified atom stereocenters. The maximum Gasteiger partial charge on any atom is 0.338 e. The summed E-state index contributed by atoms with van der Waals surface area (Å²) < 4.78 is 17.2. The van der Waals surface area contributed by atoms with Crippen molar-refractivity contribution in [1.29, 1.82) is 0 Å². The summed E-state index contributed by atoms with van der Waals surface area (Å²) in [5.41, 5.74) is 0.532. The molecule has 1 aliphatic heterocycles. The highest BCUT2D eigenvalue weighted by atomic mass is 16.7. The molecule has 1 heterocycles. The average molecular weight is 320 g/mol. The lowest BCUT2D eigenvalue weighted by molar-refractivity contribution is -0.187. The second kappa shape index (κ2) is 7.90. The number of aliphatic hydroxyl groups is 1. The van der Waals surface area contributed by atoms with E-state index in [4.69, 9.17) is 14.2 Å². The number of rotatable bonds is 5. The first-order chi connectivity index (χ1) is 11.3. The van der Waals surface area contributed by atoms with Gasteiger partial charge in [0.1, 0.15) is 6.10 Å². The molecule has 5 nitrogen and oxygen atoms in total. The van der Waals surface area contributed by atoms with Gasteiger partial charge >= 0.3 is 5.97 Å². The van der Waals surface area contributed by atoms with Crippen molar-refractivity contribution in [1.82, 2.24) is 0 Å². The lowest BCUT2D eigenvalue weighted by atomic mass is 10.1. The van der Waals surface area contributed by atoms with Crippen molar-refractivity contribution in [3.05, 3.63) is 35.9 Å². The van der Waals surface area contributed by atoms with E-state index >= 15 is 0 Å². The molecule has 1 N–H and O–H groups in total. The Balaban J connectivity index is 1.55. The van der Waals surface area contributed by atoms with Gasteiger partial charge in [0.05, 0.1) is 11.7 Å². The van der Waals surface area contributed by atoms with Gasteiger partial charge in [0.2, 0.25) is 0 Å². The zero-order chi connectivity index (χ0) is 16.1. The zero-order valence-electron chi connectivity index (χ0n) is 13.2. The topological polar surface area (TPSA) is 65.0 Å². The first kappa shape index (κ1) is 16.4. The molecule has 2 aliphatic rings. The third-order valence-corrected chi connectivity index (χ3v) is 4.57. The predicted molar refractivity (Wildman–Crippen MR) is 83.9 cm³/mol. The first-order valence-corrected chi connectivity index (χ1v) is 8.40. The van der Waals surface area contributed by atoms with Crippen LogP contribution < -0.4 is 0 Å². The number of ether oxygens (including phenoxy) is 3. The van der Waals surface area contributed by atoms with E-state index in [1.807, 2.05) is 6.07 Å². The molecule has 2 fully saturated rings. The fourth-order valence-corrected chi connectivity index (χ4v) is 3.30. The van der Waals surface area contributed by atoms with Crippen molar-refractivity contribution in [2.24, 2.45) is 5.92 Å². The number of hydrogen-bond donors (Lipinski definition) is 1. The minimum absolute atomic E-state index is 0.00186. The monoisotopic (exact) mass is 320 g/mol. The molecule has 1 saturated heterocycles. The van der Waals surface area contributed by atoms with Gasteiger partial charge in [-0.15, -0.1) is 0 Å². The van der Waals surface area contributed by atoms with Crippen molar-refractivity contribution in [3.63, 3.8) is 0 Å². The van der Waals surface area contributed by atoms with Gasteiger partial charge in [-0.2, -0.15) is 0 Å². The van der Waals surface area contributed by atoms with Gasteiger partial charge in [0.25, 0.3) is 0 Å². The minimum atomic E-state index is -0.344. The molecule has 0 bridgehead atoms. The Labute approximate surface area is 136 Å². The molecule has 0 aromatic heterocycles. The smallest absolute Gasteiger partial charge is 0.338 e. The van der Waals surface area contributed by atoms with Crippen LogP contribution in [-0.2, 0) is 14.2 Å². The normalized spacial score (nSPS) is 31.0. The second-order valence-corrected chi connectivity index (χ2v) is 6.28. The Morgan fingerprint density at radius 3 is 2.74 bits per heavy atom. The van der Waals surface area contributed by atoms with E-state index in [1.54, 1.807) is 24.3 Å². The highest BCUT2D eigenvalue weighted by molar-refractivity contribution is 5.89. The van der Waals surface area contributed by atoms with Crippen LogP contribution in [0.1, 0.15) is 42.5 Å². The largest absolute Gasteiger partial charge is 0.458 e. The van der Waals surface area contributed by atoms with Crippen LogP contribution in [-0.4, -0.2) is 42.8 Å². The number of carbonyl (C=O) groups is 1. The van der Waals surface area contributed by atoms with Gasteiger partial charge < -0.3 is 19.3 Å². The lowest BCUT2D eigenvalue weighted by Crippen LogP contribution is -2.27. The third-order valence-electron chi connectivity index (χ3n) is 4.57. The fourth-order valence-electron chi connectivity index (χ4n) is 3.30. The molecule has 23 heavy (non-hydrogen) atoms. The van der Waals surface area contributed by atoms with Crippen molar-refractivity contribution in [2.45, 2.75) is 50.6 Å². The molecule has 1 aliphatic carbocycles. The van der Waals surface area contributed by atoms with Crippen LogP contribution in [0.4, 0.5) is 0 Å². The molecule has 1 aromatic rings. The van der Waals surface area contributed by atoms with E-state index < -0.39 is 0 Å². The lowest BCUT2D eigenvalue weighted by Gasteiger charge is -2.25. The van der Waals surface area contributed by atoms with Crippen LogP contribution in [0.2, 0.25) is 0 Å². The van der Waals surface area contributed by atoms with Crippen molar-refractivity contribution < 1.29 is 24.1 Å². The Bertz CT molecular complexity index is 497. The van der Waals surface area contributed by atoms with E-state index in [9.17, 15) is 9.90 Å². The third kappa shape index (κ3) is 4.31. The molecule has 1 aromatic carbocycles. The molecule has 4 atom stereocenters. The number of hydrogen-bond acceptors (Lipinski definition) is 5. The van der Waals surface area contributed by atoms with E-state index in [0.717, 1.165) is 25.9 Å². The van der Waals surface area contributed by atoms with E-state index in [0.29, 0.717) is 18.4 Å². The molecule has 1 saturated carbocycles. The van der Waals surface area contributed by atoms with Gasteiger partial charge in [0.15, 0.2) is 6.29 Å². The van der Waals surface area contributed by atoms with Crippen LogP contribution in [0.5, 0.6) is 0 Å². The summed E-state index contributed by atoms with van der Waals surface area (Å²) in [6, 6.07) is 8.93. The summed E-state index contributed by atoms with van der Waals surface area (Å²) in [4.78, 5) is 12.2. The van der Waals surface area contributed by atoms with E-state index in [1.165, 1.54) is 0 Å². The van der Waals surface area contributed by atoms with Crippen LogP contribution >= 0.6 is 0 Å². The minimum Gasteiger partial charge on any atom is -0.458 e. The Kier molecular flexibility index (Phi) is 5.65. The number of carbonyl (C=O) groups excluding carboxylic acids is 1. The Morgan fingerprint density at radius 1 is 1.22 bits per heavy atom. The van der Waals surface area contributed by atoms with Gasteiger partial charge in [0, 0.05) is 25.6 Å². The van der Waals surface area contributed by atoms with Crippen LogP contribution in [0, 0.1) is 5.92 Å². The standard InChI is InChI=1S/C18H24O5/c19-12-14-10-15(22-17-8-4-5-9-21-17)11-16(14)23-18(20)13-6-2-1-3-7-13/h1-3,6-7,14-17,19H,4-5,8-12H2/t14-,15+,16+,17?/m0/s1. The quantitative estimate of drug-likeness (QED) is 0.845. The summed E-state index contributed by atoms with van der Waals surface area (Å²) in [7, 11) is 0. The van der Waals surface area contributed by atoms with Gasteiger partial charge in [-0.05, 0) is 37.8 Å². The van der Waals surface area contributed by atoms with Crippen LogP contribution in [0.25, 0.3) is 0 Å². The van der Waals surface area contributed by atoms with Crippen molar-refractivity contribution in [3.8, 4) is 0 Å². The second-order valence-electron chi connectivity index (χ2n) is 6.28. The summed E-state index contributed by atoms with van der Waals surface area (Å²) in [6.45, 7) is 0.741. The maximum absolute atomic E-state index is 12.2. The summed E-state index contributed by atoms with van der Waals surface area (Å²) >= 11 is 0. The van der Waals surface area contributed by atoms with Gasteiger partial charge in [-0.25, -0.2) is 4.79 Å². The molecular weight excluding hydrogens is 296 g/mol. The molecule has 5 heteroatoms. The molecule has 0 spiro atoms. The zero-order valence-corrected chi connectivity index (χ0v) is 13.2. The van der Waals surface area contributed by atoms with Crippen LogP contribution in [0.15, 0.2) is 30.3 Å². The predicted octanol–water partition coefficient (Wildman–Crippen LogP) is 2.53. The average Bonchev–Trinajstić information content (AvgIpc) is 2.98. The van der Waals surface area contributed by atoms with Gasteiger partial charge in [-0.1, -0.05) is 18.2 Å². The van der Waals surface area contributed by atoms with Crippen molar-refractivity contribution >= 4 is 5.97 Å². The number of benzene rings is 1. The first-order valence-electron chi connectivity index (χ1n) is 8.40.